The minimum atomic E-state index is -1.08. The van der Waals surface area contributed by atoms with Gasteiger partial charge in [-0.2, -0.15) is 5.26 Å². The van der Waals surface area contributed by atoms with Crippen LogP contribution < -0.4 is 10.6 Å². The van der Waals surface area contributed by atoms with Crippen molar-refractivity contribution < 1.29 is 14.7 Å². The van der Waals surface area contributed by atoms with Crippen LogP contribution >= 0.6 is 0 Å². The van der Waals surface area contributed by atoms with Crippen molar-refractivity contribution >= 4 is 11.9 Å². The largest absolute Gasteiger partial charge is 0.480 e. The van der Waals surface area contributed by atoms with Crippen LogP contribution in [0.25, 0.3) is 0 Å². The van der Waals surface area contributed by atoms with Crippen LogP contribution in [0.1, 0.15) is 52.4 Å². The minimum Gasteiger partial charge on any atom is -0.480 e. The molecule has 6 nitrogen and oxygen atoms in total. The number of carbonyl (C=O) groups excluding carboxylic acids is 1. The molecule has 1 fully saturated rings. The van der Waals surface area contributed by atoms with Crippen LogP contribution in [0.3, 0.4) is 0 Å². The van der Waals surface area contributed by atoms with Gasteiger partial charge in [0.1, 0.15) is 17.7 Å². The second-order valence-electron chi connectivity index (χ2n) is 6.17. The molecule has 0 aromatic carbocycles. The molecule has 0 saturated heterocycles. The van der Waals surface area contributed by atoms with Gasteiger partial charge in [-0.15, -0.1) is 0 Å². The topological polar surface area (TPSA) is 102 Å². The number of hydrogen-bond donors (Lipinski definition) is 3. The highest BCUT2D eigenvalue weighted by Gasteiger charge is 2.23. The first kappa shape index (κ1) is 18.0. The third-order valence-electron chi connectivity index (χ3n) is 3.74. The Bertz CT molecular complexity index is 460. The van der Waals surface area contributed by atoms with Crippen LogP contribution in [-0.4, -0.2) is 29.1 Å². The van der Waals surface area contributed by atoms with Crippen LogP contribution in [0, 0.1) is 17.2 Å². The van der Waals surface area contributed by atoms with Crippen LogP contribution in [0.2, 0.25) is 0 Å². The normalized spacial score (nSPS) is 17.6. The number of aliphatic carboxylic acids is 1. The van der Waals surface area contributed by atoms with E-state index in [-0.39, 0.29) is 17.5 Å². The van der Waals surface area contributed by atoms with Crippen molar-refractivity contribution in [3.05, 3.63) is 11.8 Å². The molecule has 0 aliphatic heterocycles. The zero-order valence-corrected chi connectivity index (χ0v) is 13.3. The fraction of sp³-hybridized carbons (Fsp3) is 0.688. The van der Waals surface area contributed by atoms with Gasteiger partial charge in [0.05, 0.1) is 0 Å². The maximum Gasteiger partial charge on any atom is 0.326 e. The molecule has 22 heavy (non-hydrogen) atoms. The molecule has 1 rings (SSSR count). The van der Waals surface area contributed by atoms with E-state index in [1.807, 2.05) is 19.9 Å². The van der Waals surface area contributed by atoms with E-state index in [4.69, 9.17) is 10.4 Å². The lowest BCUT2D eigenvalue weighted by atomic mass is 9.96. The van der Waals surface area contributed by atoms with Crippen LogP contribution in [-0.2, 0) is 9.59 Å². The lowest BCUT2D eigenvalue weighted by molar-refractivity contribution is -0.141. The van der Waals surface area contributed by atoms with Gasteiger partial charge in [-0.1, -0.05) is 33.1 Å². The smallest absolute Gasteiger partial charge is 0.326 e. The zero-order valence-electron chi connectivity index (χ0n) is 13.3. The van der Waals surface area contributed by atoms with Crippen molar-refractivity contribution in [2.75, 3.05) is 0 Å². The Morgan fingerprint density at radius 2 is 1.95 bits per heavy atom. The third-order valence-corrected chi connectivity index (χ3v) is 3.74. The van der Waals surface area contributed by atoms with E-state index in [9.17, 15) is 9.59 Å². The van der Waals surface area contributed by atoms with E-state index in [2.05, 4.69) is 10.6 Å². The maximum absolute atomic E-state index is 12.0. The fourth-order valence-corrected chi connectivity index (χ4v) is 2.55. The molecule has 1 atom stereocenters. The Balaban J connectivity index is 2.62. The summed E-state index contributed by atoms with van der Waals surface area (Å²) < 4.78 is 0. The predicted molar refractivity (Wildman–Crippen MR) is 82.7 cm³/mol. The van der Waals surface area contributed by atoms with Gasteiger partial charge >= 0.3 is 5.97 Å². The van der Waals surface area contributed by atoms with Gasteiger partial charge < -0.3 is 15.7 Å². The second-order valence-corrected chi connectivity index (χ2v) is 6.17. The molecule has 1 amide bonds. The molecule has 0 radical (unpaired) electrons. The van der Waals surface area contributed by atoms with Gasteiger partial charge in [0, 0.05) is 12.2 Å². The number of nitrogens with one attached hydrogen (secondary N) is 2. The van der Waals surface area contributed by atoms with Crippen LogP contribution in [0.15, 0.2) is 11.8 Å². The van der Waals surface area contributed by atoms with Gasteiger partial charge in [0.2, 0.25) is 0 Å². The van der Waals surface area contributed by atoms with Gasteiger partial charge in [0.15, 0.2) is 0 Å². The molecule has 6 heteroatoms. The van der Waals surface area contributed by atoms with Crippen molar-refractivity contribution in [2.45, 2.75) is 64.5 Å². The Labute approximate surface area is 131 Å². The number of nitriles is 1. The van der Waals surface area contributed by atoms with E-state index in [0.29, 0.717) is 6.42 Å². The highest BCUT2D eigenvalue weighted by molar-refractivity contribution is 5.99. The van der Waals surface area contributed by atoms with Crippen molar-refractivity contribution in [3.8, 4) is 6.07 Å². The van der Waals surface area contributed by atoms with Crippen molar-refractivity contribution in [1.82, 2.24) is 10.6 Å². The Morgan fingerprint density at radius 1 is 1.32 bits per heavy atom. The summed E-state index contributed by atoms with van der Waals surface area (Å²) in [5, 5.41) is 23.7. The summed E-state index contributed by atoms with van der Waals surface area (Å²) in [6.45, 7) is 3.77. The summed E-state index contributed by atoms with van der Waals surface area (Å²) in [5.74, 6) is -1.59. The highest BCUT2D eigenvalue weighted by atomic mass is 16.4. The molecule has 1 aliphatic carbocycles. The van der Waals surface area contributed by atoms with E-state index >= 15 is 0 Å². The molecular weight excluding hydrogens is 282 g/mol. The maximum atomic E-state index is 12.0. The van der Waals surface area contributed by atoms with Gasteiger partial charge in [0.25, 0.3) is 5.91 Å². The molecule has 1 aliphatic rings. The quantitative estimate of drug-likeness (QED) is 0.492. The number of carboxylic acid groups (broad SMARTS) is 1. The predicted octanol–water partition coefficient (Wildman–Crippen LogP) is 1.93. The van der Waals surface area contributed by atoms with Crippen LogP contribution in [0.5, 0.6) is 0 Å². The number of carboxylic acids is 1. The first-order chi connectivity index (χ1) is 10.4. The molecule has 0 aromatic rings. The summed E-state index contributed by atoms with van der Waals surface area (Å²) >= 11 is 0. The summed E-state index contributed by atoms with van der Waals surface area (Å²) in [6.07, 6.45) is 7.33. The van der Waals surface area contributed by atoms with Gasteiger partial charge in [-0.05, 0) is 25.2 Å². The molecule has 0 spiro atoms. The summed E-state index contributed by atoms with van der Waals surface area (Å²) in [7, 11) is 0. The number of amides is 1. The van der Waals surface area contributed by atoms with E-state index in [1.54, 1.807) is 0 Å². The number of hydrogen-bond acceptors (Lipinski definition) is 4. The minimum absolute atomic E-state index is 0.0828. The van der Waals surface area contributed by atoms with Crippen LogP contribution in [0.4, 0.5) is 0 Å². The van der Waals surface area contributed by atoms with Gasteiger partial charge in [-0.25, -0.2) is 4.79 Å². The fourth-order valence-electron chi connectivity index (χ4n) is 2.55. The number of carbonyl (C=O) groups is 2. The molecule has 0 bridgehead atoms. The zero-order chi connectivity index (χ0) is 16.5. The van der Waals surface area contributed by atoms with E-state index in [1.165, 1.54) is 12.6 Å². The van der Waals surface area contributed by atoms with Gasteiger partial charge in [-0.3, -0.25) is 4.79 Å². The molecule has 0 aromatic heterocycles. The molecule has 0 heterocycles. The van der Waals surface area contributed by atoms with Crippen molar-refractivity contribution in [3.63, 3.8) is 0 Å². The summed E-state index contributed by atoms with van der Waals surface area (Å²) in [4.78, 5) is 23.2. The van der Waals surface area contributed by atoms with E-state index < -0.39 is 17.9 Å². The molecule has 1 unspecified atom stereocenters. The molecule has 122 valence electrons. The van der Waals surface area contributed by atoms with Crippen molar-refractivity contribution in [2.24, 2.45) is 5.92 Å². The third kappa shape index (κ3) is 6.17. The molecule has 3 N–H and O–H groups in total. The average Bonchev–Trinajstić information content (AvgIpc) is 2.47. The molecule has 1 saturated carbocycles. The Morgan fingerprint density at radius 3 is 2.45 bits per heavy atom. The lowest BCUT2D eigenvalue weighted by Crippen LogP contribution is -2.42. The number of rotatable bonds is 7. The highest BCUT2D eigenvalue weighted by Crippen LogP contribution is 2.17. The number of nitrogens with zero attached hydrogens (tertiary/aromatic N) is 1. The monoisotopic (exact) mass is 307 g/mol. The van der Waals surface area contributed by atoms with Crippen molar-refractivity contribution in [1.29, 1.82) is 5.26 Å². The first-order valence-corrected chi connectivity index (χ1v) is 7.84. The summed E-state index contributed by atoms with van der Waals surface area (Å²) in [6, 6.07) is 1.15. The standard InChI is InChI=1S/C16H25N3O3/c1-11(2)8-14(16(21)22)19-15(20)12(9-17)10-18-13-6-4-3-5-7-13/h10-11,13-14,18H,3-8H2,1-2H3,(H,19,20)(H,21,22)/b12-10-. The first-order valence-electron chi connectivity index (χ1n) is 7.84. The average molecular weight is 307 g/mol. The Kier molecular flexibility index (Phi) is 7.44. The SMILES string of the molecule is CC(C)CC(NC(=O)/C(C#N)=C\NC1CCCCC1)C(=O)O. The molecular formula is C16H25N3O3. The lowest BCUT2D eigenvalue weighted by Gasteiger charge is -2.22. The van der Waals surface area contributed by atoms with E-state index in [0.717, 1.165) is 25.7 Å². The second kappa shape index (κ2) is 9.08. The Hall–Kier alpha value is -2.03. The summed E-state index contributed by atoms with van der Waals surface area (Å²) in [5.41, 5.74) is -0.0828.